The summed E-state index contributed by atoms with van der Waals surface area (Å²) in [5.74, 6) is 0. The van der Waals surface area contributed by atoms with Crippen LogP contribution < -0.4 is 5.43 Å². The minimum Gasteiger partial charge on any atom is -0.313 e. The fraction of sp³-hybridized carbons (Fsp3) is 0.143. The molecule has 0 unspecified atom stereocenters. The topological polar surface area (TPSA) is 96.1 Å². The molecule has 0 amide bonds. The van der Waals surface area contributed by atoms with Crippen LogP contribution in [0.2, 0.25) is 0 Å². The summed E-state index contributed by atoms with van der Waals surface area (Å²) in [5, 5.41) is 9.06. The van der Waals surface area contributed by atoms with Crippen LogP contribution in [-0.4, -0.2) is 18.2 Å². The first-order valence-electron chi connectivity index (χ1n) is 3.68. The molecule has 7 nitrogen and oxygen atoms in total. The first-order valence-corrected chi connectivity index (χ1v) is 3.68. The van der Waals surface area contributed by atoms with E-state index in [0.29, 0.717) is 0 Å². The molecule has 0 bridgehead atoms. The van der Waals surface area contributed by atoms with Gasteiger partial charge >= 0.3 is 0 Å². The lowest BCUT2D eigenvalue weighted by Crippen LogP contribution is -1.95. The Labute approximate surface area is 79.2 Å². The molecule has 0 aromatic carbocycles. The van der Waals surface area contributed by atoms with Crippen LogP contribution >= 0.6 is 0 Å². The van der Waals surface area contributed by atoms with Crippen molar-refractivity contribution in [1.82, 2.24) is 10.4 Å². The normalized spacial score (nSPS) is 10.1. The van der Waals surface area contributed by atoms with Crippen LogP contribution in [0.25, 0.3) is 0 Å². The molecule has 1 rings (SSSR count). The largest absolute Gasteiger partial charge is 0.313 e. The zero-order chi connectivity index (χ0) is 10.4. The second-order valence-corrected chi connectivity index (χ2v) is 2.26. The van der Waals surface area contributed by atoms with E-state index >= 15 is 0 Å². The van der Waals surface area contributed by atoms with Crippen molar-refractivity contribution >= 4 is 17.6 Å². The molecule has 0 saturated carbocycles. The molecule has 0 aliphatic rings. The highest BCUT2D eigenvalue weighted by atomic mass is 16.3. The molecule has 1 aromatic rings. The zero-order valence-electron chi connectivity index (χ0n) is 7.34. The third kappa shape index (κ3) is 1.94. The van der Waals surface area contributed by atoms with Crippen LogP contribution in [-0.2, 0) is 0 Å². The van der Waals surface area contributed by atoms with Gasteiger partial charge in [0.2, 0.25) is 0 Å². The van der Waals surface area contributed by atoms with Crippen molar-refractivity contribution in [3.05, 3.63) is 27.8 Å². The van der Waals surface area contributed by atoms with Gasteiger partial charge in [0, 0.05) is 7.05 Å². The Kier molecular flexibility index (Phi) is 3.36. The Hall–Kier alpha value is -2.18. The number of pyridine rings is 1. The summed E-state index contributed by atoms with van der Waals surface area (Å²) in [4.78, 5) is 24.3. The second-order valence-electron chi connectivity index (χ2n) is 2.26. The Balaban J connectivity index is 3.25. The fourth-order valence-corrected chi connectivity index (χ4v) is 0.856. The predicted octanol–water partition coefficient (Wildman–Crippen LogP) is 1.43. The van der Waals surface area contributed by atoms with Gasteiger partial charge in [-0.15, -0.1) is 9.81 Å². The average Bonchev–Trinajstić information content (AvgIpc) is 2.25. The molecule has 1 aromatic heterocycles. The molecule has 0 aliphatic heterocycles. The molecular formula is C7H7N5O2. The van der Waals surface area contributed by atoms with E-state index < -0.39 is 0 Å². The molecule has 0 radical (unpaired) electrons. The Morgan fingerprint density at radius 2 is 1.86 bits per heavy atom. The molecule has 0 atom stereocenters. The van der Waals surface area contributed by atoms with Crippen LogP contribution in [0.15, 0.2) is 27.8 Å². The minimum absolute atomic E-state index is 0.0288. The first-order chi connectivity index (χ1) is 6.83. The summed E-state index contributed by atoms with van der Waals surface area (Å²) in [5.41, 5.74) is 2.79. The van der Waals surface area contributed by atoms with Crippen LogP contribution in [0.5, 0.6) is 0 Å². The van der Waals surface area contributed by atoms with E-state index in [1.165, 1.54) is 18.6 Å². The Bertz CT molecular complexity index is 350. The van der Waals surface area contributed by atoms with Gasteiger partial charge in [-0.1, -0.05) is 0 Å². The summed E-state index contributed by atoms with van der Waals surface area (Å²) < 4.78 is 0. The smallest absolute Gasteiger partial charge is 0.137 e. The van der Waals surface area contributed by atoms with E-state index in [1.807, 2.05) is 0 Å². The van der Waals surface area contributed by atoms with Gasteiger partial charge in [0.05, 0.1) is 24.2 Å². The zero-order valence-corrected chi connectivity index (χ0v) is 7.34. The monoisotopic (exact) mass is 193 g/mol. The molecule has 0 aliphatic carbocycles. The van der Waals surface area contributed by atoms with Crippen LogP contribution in [0.3, 0.4) is 0 Å². The summed E-state index contributed by atoms with van der Waals surface area (Å²) in [6, 6.07) is 0. The van der Waals surface area contributed by atoms with Gasteiger partial charge in [-0.25, -0.2) is 0 Å². The van der Waals surface area contributed by atoms with Gasteiger partial charge in [-0.3, -0.25) is 4.98 Å². The highest BCUT2D eigenvalue weighted by Gasteiger charge is 2.07. The van der Waals surface area contributed by atoms with Crippen LogP contribution in [0.4, 0.5) is 11.4 Å². The predicted molar refractivity (Wildman–Crippen MR) is 51.8 cm³/mol. The molecule has 1 N–H and O–H groups in total. The lowest BCUT2D eigenvalue weighted by molar-refractivity contribution is 0.908. The number of hydrogen-bond acceptors (Lipinski definition) is 7. The molecule has 72 valence electrons. The third-order valence-electron chi connectivity index (χ3n) is 1.46. The molecule has 0 spiro atoms. The van der Waals surface area contributed by atoms with Crippen molar-refractivity contribution < 1.29 is 0 Å². The van der Waals surface area contributed by atoms with E-state index in [2.05, 4.69) is 25.9 Å². The van der Waals surface area contributed by atoms with E-state index in [-0.39, 0.29) is 16.9 Å². The molecule has 0 fully saturated rings. The van der Waals surface area contributed by atoms with E-state index in [1.54, 1.807) is 7.05 Å². The summed E-state index contributed by atoms with van der Waals surface area (Å²) in [7, 11) is 1.58. The van der Waals surface area contributed by atoms with Crippen LogP contribution in [0, 0.1) is 9.81 Å². The third-order valence-corrected chi connectivity index (χ3v) is 1.46. The molecule has 7 heteroatoms. The molecule has 1 heterocycles. The second kappa shape index (κ2) is 4.75. The lowest BCUT2D eigenvalue weighted by atomic mass is 10.2. The number of nitrogens with one attached hydrogen (secondary N) is 1. The van der Waals surface area contributed by atoms with E-state index in [9.17, 15) is 9.81 Å². The number of hydrazone groups is 1. The van der Waals surface area contributed by atoms with Gasteiger partial charge in [0.15, 0.2) is 0 Å². The highest BCUT2D eigenvalue weighted by Crippen LogP contribution is 2.25. The Morgan fingerprint density at radius 1 is 1.29 bits per heavy atom. The maximum Gasteiger partial charge on any atom is 0.137 e. The molecule has 14 heavy (non-hydrogen) atoms. The number of nitroso groups, excluding NO2 is 2. The summed E-state index contributed by atoms with van der Waals surface area (Å²) >= 11 is 0. The van der Waals surface area contributed by atoms with Gasteiger partial charge in [-0.2, -0.15) is 5.10 Å². The number of rotatable bonds is 4. The molecular weight excluding hydrogens is 186 g/mol. The van der Waals surface area contributed by atoms with E-state index in [0.717, 1.165) is 0 Å². The van der Waals surface area contributed by atoms with Crippen molar-refractivity contribution in [1.29, 1.82) is 0 Å². The quantitative estimate of drug-likeness (QED) is 0.444. The lowest BCUT2D eigenvalue weighted by Gasteiger charge is -1.97. The van der Waals surface area contributed by atoms with Crippen LogP contribution in [0.1, 0.15) is 5.56 Å². The van der Waals surface area contributed by atoms with E-state index in [4.69, 9.17) is 0 Å². The van der Waals surface area contributed by atoms with Crippen molar-refractivity contribution in [2.45, 2.75) is 0 Å². The number of aromatic nitrogens is 1. The first kappa shape index (κ1) is 9.90. The van der Waals surface area contributed by atoms with Gasteiger partial charge in [0.1, 0.15) is 11.4 Å². The SMILES string of the molecule is CN/N=C/c1c(N=O)cncc1N=O. The van der Waals surface area contributed by atoms with Crippen molar-refractivity contribution in [2.24, 2.45) is 15.5 Å². The fourth-order valence-electron chi connectivity index (χ4n) is 0.856. The minimum atomic E-state index is 0.0288. The summed E-state index contributed by atoms with van der Waals surface area (Å²) in [6.45, 7) is 0. The van der Waals surface area contributed by atoms with Gasteiger partial charge in [0.25, 0.3) is 0 Å². The maximum absolute atomic E-state index is 10.3. The maximum atomic E-state index is 10.3. The van der Waals surface area contributed by atoms with Crippen molar-refractivity contribution in [3.63, 3.8) is 0 Å². The number of hydrogen-bond donors (Lipinski definition) is 1. The van der Waals surface area contributed by atoms with Gasteiger partial charge < -0.3 is 5.43 Å². The number of nitrogens with zero attached hydrogens (tertiary/aromatic N) is 4. The van der Waals surface area contributed by atoms with Crippen molar-refractivity contribution in [3.8, 4) is 0 Å². The highest BCUT2D eigenvalue weighted by molar-refractivity contribution is 5.92. The molecule has 0 saturated heterocycles. The summed E-state index contributed by atoms with van der Waals surface area (Å²) in [6.07, 6.45) is 3.76. The Morgan fingerprint density at radius 3 is 2.29 bits per heavy atom. The standard InChI is InChI=1S/C7H7N5O2/c1-8-10-2-5-6(11-13)3-9-4-7(5)12-14/h2-4,8H,1H3/b10-2+. The van der Waals surface area contributed by atoms with Gasteiger partial charge in [-0.05, 0) is 10.4 Å². The van der Waals surface area contributed by atoms with Crippen molar-refractivity contribution in [2.75, 3.05) is 7.05 Å². The average molecular weight is 193 g/mol.